The molecule has 0 spiro atoms. The van der Waals surface area contributed by atoms with Gasteiger partial charge in [-0.1, -0.05) is 25.1 Å². The molecule has 0 aliphatic rings. The Morgan fingerprint density at radius 3 is 2.58 bits per heavy atom. The van der Waals surface area contributed by atoms with Gasteiger partial charge in [0.25, 0.3) is 0 Å². The highest BCUT2D eigenvalue weighted by Crippen LogP contribution is 2.10. The molecular formula is C9H13NO2. The average molecular weight is 167 g/mol. The first kappa shape index (κ1) is 9.03. The van der Waals surface area contributed by atoms with Crippen molar-refractivity contribution < 1.29 is 10.0 Å². The van der Waals surface area contributed by atoms with Crippen molar-refractivity contribution >= 4 is 5.69 Å². The molecule has 0 aromatic heterocycles. The van der Waals surface area contributed by atoms with Crippen LogP contribution in [0.5, 0.6) is 0 Å². The molecule has 12 heavy (non-hydrogen) atoms. The Balaban J connectivity index is 2.48. The summed E-state index contributed by atoms with van der Waals surface area (Å²) in [4.78, 5) is 4.97. The van der Waals surface area contributed by atoms with Gasteiger partial charge >= 0.3 is 0 Å². The van der Waals surface area contributed by atoms with Crippen molar-refractivity contribution in [3.63, 3.8) is 0 Å². The van der Waals surface area contributed by atoms with Crippen LogP contribution in [0.1, 0.15) is 13.3 Å². The van der Waals surface area contributed by atoms with E-state index in [1.807, 2.05) is 25.1 Å². The molecule has 3 heteroatoms. The molecule has 0 radical (unpaired) electrons. The van der Waals surface area contributed by atoms with Gasteiger partial charge < -0.3 is 0 Å². The van der Waals surface area contributed by atoms with Crippen LogP contribution in [-0.4, -0.2) is 11.8 Å². The van der Waals surface area contributed by atoms with Crippen molar-refractivity contribution in [1.82, 2.24) is 0 Å². The van der Waals surface area contributed by atoms with Crippen LogP contribution >= 0.6 is 0 Å². The van der Waals surface area contributed by atoms with E-state index in [2.05, 4.69) is 0 Å². The van der Waals surface area contributed by atoms with Crippen LogP contribution in [0.25, 0.3) is 0 Å². The summed E-state index contributed by atoms with van der Waals surface area (Å²) in [5.41, 5.74) is 0.644. The molecule has 0 atom stereocenters. The van der Waals surface area contributed by atoms with Crippen molar-refractivity contribution in [2.45, 2.75) is 13.3 Å². The maximum Gasteiger partial charge on any atom is 0.0945 e. The van der Waals surface area contributed by atoms with E-state index in [1.54, 1.807) is 12.1 Å². The SMILES string of the molecule is CCCON(O)c1ccccc1. The first-order valence-corrected chi connectivity index (χ1v) is 4.01. The van der Waals surface area contributed by atoms with Gasteiger partial charge in [0.1, 0.15) is 0 Å². The molecule has 1 rings (SSSR count). The van der Waals surface area contributed by atoms with E-state index in [-0.39, 0.29) is 0 Å². The molecule has 1 N–H and O–H groups in total. The molecule has 66 valence electrons. The second-order valence-corrected chi connectivity index (χ2v) is 2.44. The van der Waals surface area contributed by atoms with Gasteiger partial charge in [-0.05, 0) is 18.6 Å². The van der Waals surface area contributed by atoms with Crippen LogP contribution in [0.15, 0.2) is 30.3 Å². The summed E-state index contributed by atoms with van der Waals surface area (Å²) < 4.78 is 0. The third-order valence-electron chi connectivity index (χ3n) is 1.39. The van der Waals surface area contributed by atoms with Gasteiger partial charge in [0, 0.05) is 0 Å². The number of nitrogens with zero attached hydrogens (tertiary/aromatic N) is 1. The number of anilines is 1. The van der Waals surface area contributed by atoms with Crippen LogP contribution in [0.3, 0.4) is 0 Å². The highest BCUT2D eigenvalue weighted by atomic mass is 16.9. The van der Waals surface area contributed by atoms with Crippen molar-refractivity contribution in [3.05, 3.63) is 30.3 Å². The standard InChI is InChI=1S/C9H13NO2/c1-2-8-12-10(11)9-6-4-3-5-7-9/h3-7,11H,2,8H2,1H3. The van der Waals surface area contributed by atoms with Crippen LogP contribution in [0.4, 0.5) is 5.69 Å². The lowest BCUT2D eigenvalue weighted by molar-refractivity contribution is -0.0406. The number of para-hydroxylation sites is 1. The first-order valence-electron chi connectivity index (χ1n) is 4.01. The Morgan fingerprint density at radius 2 is 2.00 bits per heavy atom. The van der Waals surface area contributed by atoms with Crippen molar-refractivity contribution in [3.8, 4) is 0 Å². The summed E-state index contributed by atoms with van der Waals surface area (Å²) in [7, 11) is 0. The molecule has 0 saturated heterocycles. The topological polar surface area (TPSA) is 32.7 Å². The Hall–Kier alpha value is -1.06. The fourth-order valence-corrected chi connectivity index (χ4v) is 0.808. The van der Waals surface area contributed by atoms with E-state index in [0.717, 1.165) is 11.6 Å². The predicted molar refractivity (Wildman–Crippen MR) is 47.0 cm³/mol. The van der Waals surface area contributed by atoms with Crippen LogP contribution < -0.4 is 5.23 Å². The monoisotopic (exact) mass is 167 g/mol. The number of rotatable bonds is 4. The minimum atomic E-state index is 0.519. The van der Waals surface area contributed by atoms with Crippen LogP contribution in [0.2, 0.25) is 0 Å². The number of hydrogen-bond acceptors (Lipinski definition) is 3. The minimum absolute atomic E-state index is 0.519. The van der Waals surface area contributed by atoms with Crippen LogP contribution in [0, 0.1) is 0 Å². The third kappa shape index (κ3) is 2.53. The van der Waals surface area contributed by atoms with Gasteiger partial charge in [-0.15, -0.1) is 5.23 Å². The van der Waals surface area contributed by atoms with Gasteiger partial charge in [0.15, 0.2) is 0 Å². The summed E-state index contributed by atoms with van der Waals surface area (Å²) in [6, 6.07) is 9.12. The maximum absolute atomic E-state index is 9.26. The second-order valence-electron chi connectivity index (χ2n) is 2.44. The van der Waals surface area contributed by atoms with Crippen molar-refractivity contribution in [2.24, 2.45) is 0 Å². The van der Waals surface area contributed by atoms with E-state index < -0.39 is 0 Å². The molecule has 0 amide bonds. The lowest BCUT2D eigenvalue weighted by Gasteiger charge is -2.14. The zero-order chi connectivity index (χ0) is 8.81. The highest BCUT2D eigenvalue weighted by Gasteiger charge is 1.99. The molecule has 1 aromatic carbocycles. The van der Waals surface area contributed by atoms with Gasteiger partial charge in [0.2, 0.25) is 0 Å². The van der Waals surface area contributed by atoms with Gasteiger partial charge in [-0.2, -0.15) is 0 Å². The van der Waals surface area contributed by atoms with Crippen LogP contribution in [-0.2, 0) is 4.84 Å². The largest absolute Gasteiger partial charge is 0.264 e. The van der Waals surface area contributed by atoms with E-state index >= 15 is 0 Å². The molecular weight excluding hydrogens is 154 g/mol. The Labute approximate surface area is 72.1 Å². The van der Waals surface area contributed by atoms with E-state index in [0.29, 0.717) is 12.3 Å². The smallest absolute Gasteiger partial charge is 0.0945 e. The fraction of sp³-hybridized carbons (Fsp3) is 0.333. The summed E-state index contributed by atoms with van der Waals surface area (Å²) in [6.07, 6.45) is 0.879. The molecule has 1 aromatic rings. The van der Waals surface area contributed by atoms with Crippen molar-refractivity contribution in [1.29, 1.82) is 0 Å². The summed E-state index contributed by atoms with van der Waals surface area (Å²) in [5, 5.41) is 10.1. The molecule has 3 nitrogen and oxygen atoms in total. The van der Waals surface area contributed by atoms with E-state index in [9.17, 15) is 5.21 Å². The van der Waals surface area contributed by atoms with Gasteiger partial charge in [0.05, 0.1) is 12.3 Å². The van der Waals surface area contributed by atoms with E-state index in [1.165, 1.54) is 0 Å². The lowest BCUT2D eigenvalue weighted by atomic mass is 10.3. The van der Waals surface area contributed by atoms with Gasteiger partial charge in [-0.25, -0.2) is 4.84 Å². The summed E-state index contributed by atoms with van der Waals surface area (Å²) >= 11 is 0. The summed E-state index contributed by atoms with van der Waals surface area (Å²) in [6.45, 7) is 2.50. The first-order chi connectivity index (χ1) is 5.84. The molecule has 0 saturated carbocycles. The maximum atomic E-state index is 9.26. The number of hydrogen-bond donors (Lipinski definition) is 1. The quantitative estimate of drug-likeness (QED) is 0.698. The zero-order valence-corrected chi connectivity index (χ0v) is 7.10. The minimum Gasteiger partial charge on any atom is -0.264 e. The van der Waals surface area contributed by atoms with E-state index in [4.69, 9.17) is 4.84 Å². The molecule has 0 bridgehead atoms. The molecule has 0 heterocycles. The molecule has 0 aliphatic carbocycles. The molecule has 0 aliphatic heterocycles. The number of benzene rings is 1. The second kappa shape index (κ2) is 4.74. The lowest BCUT2D eigenvalue weighted by Crippen LogP contribution is -2.18. The zero-order valence-electron chi connectivity index (χ0n) is 7.10. The Kier molecular flexibility index (Phi) is 3.57. The van der Waals surface area contributed by atoms with Crippen molar-refractivity contribution in [2.75, 3.05) is 11.8 Å². The average Bonchev–Trinajstić information content (AvgIpc) is 2.15. The fourth-order valence-electron chi connectivity index (χ4n) is 0.808. The highest BCUT2D eigenvalue weighted by molar-refractivity contribution is 5.40. The predicted octanol–water partition coefficient (Wildman–Crippen LogP) is 2.22. The normalized spacial score (nSPS) is 9.83. The molecule has 0 unspecified atom stereocenters. The Morgan fingerprint density at radius 1 is 1.33 bits per heavy atom. The summed E-state index contributed by atoms with van der Waals surface area (Å²) in [5.74, 6) is 0. The Bertz CT molecular complexity index is 213. The molecule has 0 fully saturated rings. The van der Waals surface area contributed by atoms with Gasteiger partial charge in [-0.3, -0.25) is 5.21 Å². The third-order valence-corrected chi connectivity index (χ3v) is 1.39.